The predicted molar refractivity (Wildman–Crippen MR) is 149 cm³/mol. The number of amides is 3. The van der Waals surface area contributed by atoms with Crippen molar-refractivity contribution in [3.63, 3.8) is 0 Å². The van der Waals surface area contributed by atoms with E-state index in [0.29, 0.717) is 41.0 Å². The molecule has 1 N–H and O–H groups in total. The number of imide groups is 1. The molecule has 0 bridgehead atoms. The lowest BCUT2D eigenvalue weighted by Crippen LogP contribution is -2.30. The number of hydrogen-bond donors (Lipinski definition) is 1. The molecule has 4 rings (SSSR count). The van der Waals surface area contributed by atoms with Gasteiger partial charge in [0.2, 0.25) is 0 Å². The minimum Gasteiger partial charge on any atom is -0.490 e. The van der Waals surface area contributed by atoms with Crippen LogP contribution in [0.5, 0.6) is 11.5 Å². The summed E-state index contributed by atoms with van der Waals surface area (Å²) in [5.41, 5.74) is 2.37. The quantitative estimate of drug-likeness (QED) is 0.171. The molecule has 0 aromatic heterocycles. The van der Waals surface area contributed by atoms with Crippen molar-refractivity contribution >= 4 is 80.5 Å². The fourth-order valence-electron chi connectivity index (χ4n) is 3.34. The summed E-state index contributed by atoms with van der Waals surface area (Å²) in [7, 11) is 0. The highest BCUT2D eigenvalue weighted by Gasteiger charge is 2.34. The van der Waals surface area contributed by atoms with Gasteiger partial charge in [-0.15, -0.1) is 0 Å². The summed E-state index contributed by atoms with van der Waals surface area (Å²) in [5.74, 6) is 0.755. The van der Waals surface area contributed by atoms with Crippen molar-refractivity contribution in [2.75, 3.05) is 11.5 Å². The first-order valence-electron chi connectivity index (χ1n) is 10.3. The van der Waals surface area contributed by atoms with Crippen molar-refractivity contribution in [2.45, 2.75) is 13.5 Å². The molecule has 34 heavy (non-hydrogen) atoms. The summed E-state index contributed by atoms with van der Waals surface area (Å²) >= 11 is 10.4. The smallest absolute Gasteiger partial charge is 0.333 e. The van der Waals surface area contributed by atoms with E-state index in [2.05, 4.69) is 50.5 Å². The molecule has 174 valence electrons. The Balaban J connectivity index is 1.59. The van der Waals surface area contributed by atoms with Crippen LogP contribution in [-0.2, 0) is 11.4 Å². The van der Waals surface area contributed by atoms with E-state index >= 15 is 0 Å². The van der Waals surface area contributed by atoms with Crippen LogP contribution in [-0.4, -0.2) is 18.5 Å². The van der Waals surface area contributed by atoms with Gasteiger partial charge >= 0.3 is 6.03 Å². The Morgan fingerprint density at radius 1 is 1.00 bits per heavy atom. The highest BCUT2D eigenvalue weighted by molar-refractivity contribution is 14.1. The SMILES string of the molecule is CCOc1cc(/C=C2/NC(=O)N(c3ccc(Cl)cc3)C2=O)cc(I)c1OCc1ccc(I)cc1. The summed E-state index contributed by atoms with van der Waals surface area (Å²) in [4.78, 5) is 26.5. The van der Waals surface area contributed by atoms with E-state index in [1.54, 1.807) is 36.4 Å². The molecule has 9 heteroatoms. The number of benzene rings is 3. The molecule has 1 saturated heterocycles. The molecule has 6 nitrogen and oxygen atoms in total. The van der Waals surface area contributed by atoms with E-state index < -0.39 is 11.9 Å². The molecule has 1 heterocycles. The fraction of sp³-hybridized carbons (Fsp3) is 0.120. The summed E-state index contributed by atoms with van der Waals surface area (Å²) in [6.45, 7) is 2.75. The standard InChI is InChI=1S/C25H19ClI2N2O4/c1-2-33-22-13-16(11-20(28)23(22)34-14-15-3-7-18(27)8-4-15)12-21-24(31)30(25(32)29-21)19-9-5-17(26)6-10-19/h3-13H,2,14H2,1H3,(H,29,32)/b21-12+. The number of ether oxygens (including phenoxy) is 2. The number of urea groups is 1. The predicted octanol–water partition coefficient (Wildman–Crippen LogP) is 6.62. The topological polar surface area (TPSA) is 67.9 Å². The molecule has 0 saturated carbocycles. The molecular weight excluding hydrogens is 682 g/mol. The van der Waals surface area contributed by atoms with Crippen molar-refractivity contribution in [1.82, 2.24) is 5.32 Å². The Labute approximate surface area is 229 Å². The van der Waals surface area contributed by atoms with Gasteiger partial charge in [-0.3, -0.25) is 4.79 Å². The van der Waals surface area contributed by atoms with Crippen LogP contribution in [0.25, 0.3) is 6.08 Å². The van der Waals surface area contributed by atoms with Crippen molar-refractivity contribution in [3.8, 4) is 11.5 Å². The number of carbonyl (C=O) groups excluding carboxylic acids is 2. The number of nitrogens with one attached hydrogen (secondary N) is 1. The zero-order valence-corrected chi connectivity index (χ0v) is 23.1. The maximum absolute atomic E-state index is 12.9. The molecule has 1 aliphatic rings. The van der Waals surface area contributed by atoms with Crippen LogP contribution in [0.1, 0.15) is 18.1 Å². The van der Waals surface area contributed by atoms with Crippen LogP contribution >= 0.6 is 56.8 Å². The van der Waals surface area contributed by atoms with Crippen molar-refractivity contribution in [2.24, 2.45) is 0 Å². The van der Waals surface area contributed by atoms with Crippen LogP contribution in [0.15, 0.2) is 66.4 Å². The molecule has 3 aromatic carbocycles. The normalized spacial score (nSPS) is 14.5. The van der Waals surface area contributed by atoms with Gasteiger partial charge in [0.25, 0.3) is 5.91 Å². The van der Waals surface area contributed by atoms with E-state index in [9.17, 15) is 9.59 Å². The summed E-state index contributed by atoms with van der Waals surface area (Å²) in [5, 5.41) is 3.16. The number of rotatable bonds is 7. The van der Waals surface area contributed by atoms with E-state index in [1.165, 1.54) is 0 Å². The maximum Gasteiger partial charge on any atom is 0.333 e. The Hall–Kier alpha value is -2.31. The monoisotopic (exact) mass is 700 g/mol. The molecule has 1 fully saturated rings. The highest BCUT2D eigenvalue weighted by Crippen LogP contribution is 2.36. The molecule has 1 aliphatic heterocycles. The second kappa shape index (κ2) is 11.0. The van der Waals surface area contributed by atoms with Crippen molar-refractivity contribution < 1.29 is 19.1 Å². The average molecular weight is 701 g/mol. The zero-order chi connectivity index (χ0) is 24.2. The minimum atomic E-state index is -0.518. The van der Waals surface area contributed by atoms with Gasteiger partial charge in [-0.05, 0) is 118 Å². The van der Waals surface area contributed by atoms with Crippen molar-refractivity contribution in [3.05, 3.63) is 89.7 Å². The molecular formula is C25H19ClI2N2O4. The van der Waals surface area contributed by atoms with Crippen LogP contribution in [0.2, 0.25) is 5.02 Å². The first-order chi connectivity index (χ1) is 16.4. The van der Waals surface area contributed by atoms with E-state index in [1.807, 2.05) is 37.3 Å². The Morgan fingerprint density at radius 2 is 1.71 bits per heavy atom. The lowest BCUT2D eigenvalue weighted by atomic mass is 10.1. The minimum absolute atomic E-state index is 0.172. The molecule has 3 aromatic rings. The number of carbonyl (C=O) groups is 2. The molecule has 0 unspecified atom stereocenters. The molecule has 3 amide bonds. The largest absolute Gasteiger partial charge is 0.490 e. The van der Waals surface area contributed by atoms with E-state index in [-0.39, 0.29) is 5.70 Å². The van der Waals surface area contributed by atoms with E-state index in [0.717, 1.165) is 17.6 Å². The second-order valence-electron chi connectivity index (χ2n) is 7.28. The molecule has 0 spiro atoms. The van der Waals surface area contributed by atoms with Gasteiger partial charge in [0, 0.05) is 8.59 Å². The second-order valence-corrected chi connectivity index (χ2v) is 10.1. The van der Waals surface area contributed by atoms with Gasteiger partial charge in [0.1, 0.15) is 12.3 Å². The number of hydrogen-bond acceptors (Lipinski definition) is 4. The maximum atomic E-state index is 12.9. The van der Waals surface area contributed by atoms with Gasteiger partial charge < -0.3 is 14.8 Å². The Bertz CT molecular complexity index is 1260. The summed E-state index contributed by atoms with van der Waals surface area (Å²) in [6, 6.07) is 17.8. The first kappa shape index (κ1) is 24.8. The number of nitrogens with zero attached hydrogens (tertiary/aromatic N) is 1. The highest BCUT2D eigenvalue weighted by atomic mass is 127. The van der Waals surface area contributed by atoms with Crippen LogP contribution in [0.3, 0.4) is 0 Å². The van der Waals surface area contributed by atoms with Crippen molar-refractivity contribution in [1.29, 1.82) is 0 Å². The van der Waals surface area contributed by atoms with Crippen LogP contribution in [0, 0.1) is 7.14 Å². The first-order valence-corrected chi connectivity index (χ1v) is 12.9. The van der Waals surface area contributed by atoms with Gasteiger partial charge in [-0.25, -0.2) is 9.69 Å². The molecule has 0 aliphatic carbocycles. The lowest BCUT2D eigenvalue weighted by Gasteiger charge is -2.15. The summed E-state index contributed by atoms with van der Waals surface area (Å²) in [6.07, 6.45) is 1.63. The number of halogens is 3. The van der Waals surface area contributed by atoms with Gasteiger partial charge in [0.05, 0.1) is 15.9 Å². The van der Waals surface area contributed by atoms with Crippen LogP contribution in [0.4, 0.5) is 10.5 Å². The summed E-state index contributed by atoms with van der Waals surface area (Å²) < 4.78 is 13.9. The average Bonchev–Trinajstić information content (AvgIpc) is 3.08. The molecule has 0 atom stereocenters. The third-order valence-electron chi connectivity index (χ3n) is 4.90. The Kier molecular flexibility index (Phi) is 7.99. The van der Waals surface area contributed by atoms with Gasteiger partial charge in [0.15, 0.2) is 11.5 Å². The lowest BCUT2D eigenvalue weighted by molar-refractivity contribution is -0.113. The zero-order valence-electron chi connectivity index (χ0n) is 18.0. The number of anilines is 1. The third kappa shape index (κ3) is 5.66. The Morgan fingerprint density at radius 3 is 2.38 bits per heavy atom. The van der Waals surface area contributed by atoms with Crippen LogP contribution < -0.4 is 19.7 Å². The fourth-order valence-corrected chi connectivity index (χ4v) is 4.60. The molecule has 0 radical (unpaired) electrons. The van der Waals surface area contributed by atoms with E-state index in [4.69, 9.17) is 21.1 Å². The third-order valence-corrected chi connectivity index (χ3v) is 6.67. The van der Waals surface area contributed by atoms with Gasteiger partial charge in [-0.1, -0.05) is 23.7 Å². The van der Waals surface area contributed by atoms with Gasteiger partial charge in [-0.2, -0.15) is 0 Å².